The molecule has 0 saturated carbocycles. The zero-order valence-corrected chi connectivity index (χ0v) is 14.4. The molecule has 1 aromatic heterocycles. The Morgan fingerprint density at radius 3 is 2.68 bits per heavy atom. The second-order valence-corrected chi connectivity index (χ2v) is 5.81. The fraction of sp³-hybridized carbons (Fsp3) is 0.316. The van der Waals surface area contributed by atoms with Crippen LogP contribution in [0.3, 0.4) is 0 Å². The molecule has 0 bridgehead atoms. The van der Waals surface area contributed by atoms with Crippen molar-refractivity contribution < 1.29 is 14.0 Å². The molecule has 2 N–H and O–H groups in total. The van der Waals surface area contributed by atoms with E-state index in [4.69, 9.17) is 0 Å². The van der Waals surface area contributed by atoms with Crippen molar-refractivity contribution in [3.63, 3.8) is 0 Å². The third-order valence-corrected chi connectivity index (χ3v) is 3.88. The number of nitrogens with zero attached hydrogens (tertiary/aromatic N) is 1. The highest BCUT2D eigenvalue weighted by Gasteiger charge is 2.13. The van der Waals surface area contributed by atoms with Crippen molar-refractivity contribution in [1.29, 1.82) is 0 Å². The summed E-state index contributed by atoms with van der Waals surface area (Å²) in [6.07, 6.45) is 2.63. The van der Waals surface area contributed by atoms with E-state index in [-0.39, 0.29) is 30.0 Å². The Morgan fingerprint density at radius 2 is 1.96 bits per heavy atom. The van der Waals surface area contributed by atoms with Crippen molar-refractivity contribution in [2.45, 2.75) is 32.7 Å². The molecule has 0 aliphatic carbocycles. The Morgan fingerprint density at radius 1 is 1.20 bits per heavy atom. The first kappa shape index (κ1) is 18.6. The highest BCUT2D eigenvalue weighted by atomic mass is 19.1. The van der Waals surface area contributed by atoms with Crippen LogP contribution in [0.15, 0.2) is 42.6 Å². The molecular weight excluding hydrogens is 321 g/mol. The van der Waals surface area contributed by atoms with Crippen LogP contribution in [0.25, 0.3) is 0 Å². The number of nitrogens with one attached hydrogen (secondary N) is 2. The normalized spacial score (nSPS) is 11.6. The molecule has 1 atom stereocenters. The van der Waals surface area contributed by atoms with Crippen molar-refractivity contribution in [1.82, 2.24) is 15.6 Å². The maximum absolute atomic E-state index is 13.5. The van der Waals surface area contributed by atoms with E-state index < -0.39 is 5.91 Å². The van der Waals surface area contributed by atoms with Crippen molar-refractivity contribution in [3.8, 4) is 0 Å². The van der Waals surface area contributed by atoms with Gasteiger partial charge in [-0.1, -0.05) is 25.1 Å². The number of halogens is 1. The van der Waals surface area contributed by atoms with E-state index in [1.165, 1.54) is 18.3 Å². The zero-order valence-electron chi connectivity index (χ0n) is 14.4. The molecule has 0 fully saturated rings. The minimum Gasteiger partial charge on any atom is -0.350 e. The summed E-state index contributed by atoms with van der Waals surface area (Å²) in [5.74, 6) is -0.926. The first-order valence-electron chi connectivity index (χ1n) is 8.29. The minimum absolute atomic E-state index is 0.0544. The van der Waals surface area contributed by atoms with Crippen molar-refractivity contribution >= 4 is 11.8 Å². The van der Waals surface area contributed by atoms with Crippen LogP contribution in [0.4, 0.5) is 4.39 Å². The summed E-state index contributed by atoms with van der Waals surface area (Å²) in [4.78, 5) is 28.3. The van der Waals surface area contributed by atoms with Gasteiger partial charge in [-0.05, 0) is 43.5 Å². The van der Waals surface area contributed by atoms with Crippen LogP contribution in [0, 0.1) is 5.82 Å². The predicted octanol–water partition coefficient (Wildman–Crippen LogP) is 2.72. The van der Waals surface area contributed by atoms with Gasteiger partial charge in [0.05, 0.1) is 0 Å². The Labute approximate surface area is 146 Å². The van der Waals surface area contributed by atoms with Gasteiger partial charge in [0.25, 0.3) is 11.8 Å². The summed E-state index contributed by atoms with van der Waals surface area (Å²) < 4.78 is 13.5. The highest BCUT2D eigenvalue weighted by Crippen LogP contribution is 2.07. The summed E-state index contributed by atoms with van der Waals surface area (Å²) in [7, 11) is 0. The molecule has 132 valence electrons. The average Bonchev–Trinajstić information content (AvgIpc) is 2.63. The van der Waals surface area contributed by atoms with E-state index in [2.05, 4.69) is 15.6 Å². The highest BCUT2D eigenvalue weighted by molar-refractivity contribution is 5.98. The molecule has 2 amide bonds. The van der Waals surface area contributed by atoms with E-state index in [1.54, 1.807) is 24.3 Å². The molecule has 0 aliphatic rings. The van der Waals surface area contributed by atoms with Crippen molar-refractivity contribution in [3.05, 3.63) is 65.2 Å². The van der Waals surface area contributed by atoms with Crippen LogP contribution in [0.5, 0.6) is 0 Å². The fourth-order valence-corrected chi connectivity index (χ4v) is 2.21. The standard InChI is InChI=1S/C19H22FN3O2/c1-3-13(2)23-18(24)15-9-10-21-17(12-15)19(25)22-11-8-14-6-4-5-7-16(14)20/h4-7,9-10,12-13H,3,8,11H2,1-2H3,(H,22,25)(H,23,24). The van der Waals surface area contributed by atoms with E-state index in [1.807, 2.05) is 13.8 Å². The number of amides is 2. The van der Waals surface area contributed by atoms with Gasteiger partial charge >= 0.3 is 0 Å². The molecule has 25 heavy (non-hydrogen) atoms. The molecule has 2 aromatic rings. The van der Waals surface area contributed by atoms with Crippen LogP contribution >= 0.6 is 0 Å². The molecular formula is C19H22FN3O2. The lowest BCUT2D eigenvalue weighted by Crippen LogP contribution is -2.32. The van der Waals surface area contributed by atoms with Crippen LogP contribution in [-0.2, 0) is 6.42 Å². The third kappa shape index (κ3) is 5.38. The molecule has 6 heteroatoms. The molecule has 2 rings (SSSR count). The molecule has 0 aliphatic heterocycles. The van der Waals surface area contributed by atoms with E-state index >= 15 is 0 Å². The first-order chi connectivity index (χ1) is 12.0. The summed E-state index contributed by atoms with van der Waals surface area (Å²) in [6.45, 7) is 4.17. The summed E-state index contributed by atoms with van der Waals surface area (Å²) in [5.41, 5.74) is 1.08. The average molecular weight is 343 g/mol. The van der Waals surface area contributed by atoms with Gasteiger partial charge in [0.1, 0.15) is 11.5 Å². The molecule has 0 spiro atoms. The lowest BCUT2D eigenvalue weighted by Gasteiger charge is -2.11. The third-order valence-electron chi connectivity index (χ3n) is 3.88. The number of carbonyl (C=O) groups is 2. The predicted molar refractivity (Wildman–Crippen MR) is 93.9 cm³/mol. The second kappa shape index (κ2) is 8.92. The Bertz CT molecular complexity index is 749. The number of benzene rings is 1. The van der Waals surface area contributed by atoms with E-state index in [9.17, 15) is 14.0 Å². The molecule has 1 aromatic carbocycles. The monoisotopic (exact) mass is 343 g/mol. The maximum atomic E-state index is 13.5. The largest absolute Gasteiger partial charge is 0.350 e. The minimum atomic E-state index is -0.394. The zero-order chi connectivity index (χ0) is 18.2. The number of carbonyl (C=O) groups excluding carboxylic acids is 2. The van der Waals surface area contributed by atoms with Crippen LogP contribution in [-0.4, -0.2) is 29.4 Å². The number of rotatable bonds is 7. The molecule has 0 saturated heterocycles. The fourth-order valence-electron chi connectivity index (χ4n) is 2.21. The van der Waals surface area contributed by atoms with Gasteiger partial charge in [-0.3, -0.25) is 14.6 Å². The number of hydrogen-bond acceptors (Lipinski definition) is 3. The number of pyridine rings is 1. The lowest BCUT2D eigenvalue weighted by molar-refractivity contribution is 0.0939. The van der Waals surface area contributed by atoms with Gasteiger partial charge in [0, 0.05) is 24.3 Å². The Kier molecular flexibility index (Phi) is 6.62. The SMILES string of the molecule is CCC(C)NC(=O)c1ccnc(C(=O)NCCc2ccccc2F)c1. The molecule has 1 unspecified atom stereocenters. The van der Waals surface area contributed by atoms with Gasteiger partial charge in [-0.2, -0.15) is 0 Å². The summed E-state index contributed by atoms with van der Waals surface area (Å²) in [6, 6.07) is 9.51. The second-order valence-electron chi connectivity index (χ2n) is 5.81. The smallest absolute Gasteiger partial charge is 0.269 e. The van der Waals surface area contributed by atoms with E-state index in [0.29, 0.717) is 17.5 Å². The van der Waals surface area contributed by atoms with Crippen molar-refractivity contribution in [2.75, 3.05) is 6.54 Å². The molecule has 5 nitrogen and oxygen atoms in total. The maximum Gasteiger partial charge on any atom is 0.269 e. The van der Waals surface area contributed by atoms with Gasteiger partial charge in [-0.25, -0.2) is 4.39 Å². The number of aromatic nitrogens is 1. The Hall–Kier alpha value is -2.76. The van der Waals surface area contributed by atoms with Crippen LogP contribution < -0.4 is 10.6 Å². The van der Waals surface area contributed by atoms with Gasteiger partial charge in [0.15, 0.2) is 0 Å². The van der Waals surface area contributed by atoms with Crippen LogP contribution in [0.1, 0.15) is 46.7 Å². The molecule has 0 radical (unpaired) electrons. The van der Waals surface area contributed by atoms with Crippen molar-refractivity contribution in [2.24, 2.45) is 0 Å². The van der Waals surface area contributed by atoms with Gasteiger partial charge < -0.3 is 10.6 Å². The summed E-state index contributed by atoms with van der Waals surface area (Å²) >= 11 is 0. The molecule has 1 heterocycles. The van der Waals surface area contributed by atoms with Crippen LogP contribution in [0.2, 0.25) is 0 Å². The Balaban J connectivity index is 1.94. The van der Waals surface area contributed by atoms with Gasteiger partial charge in [-0.15, -0.1) is 0 Å². The first-order valence-corrected chi connectivity index (χ1v) is 8.29. The summed E-state index contributed by atoms with van der Waals surface area (Å²) in [5, 5.41) is 5.54. The van der Waals surface area contributed by atoms with Gasteiger partial charge in [0.2, 0.25) is 0 Å². The number of hydrogen-bond donors (Lipinski definition) is 2. The topological polar surface area (TPSA) is 71.1 Å². The quantitative estimate of drug-likeness (QED) is 0.812. The lowest BCUT2D eigenvalue weighted by atomic mass is 10.1. The van der Waals surface area contributed by atoms with E-state index in [0.717, 1.165) is 6.42 Å².